The summed E-state index contributed by atoms with van der Waals surface area (Å²) in [6.07, 6.45) is 0. The first-order valence-corrected chi connectivity index (χ1v) is 7.38. The van der Waals surface area contributed by atoms with Crippen LogP contribution >= 0.6 is 34.8 Å². The van der Waals surface area contributed by atoms with Gasteiger partial charge in [0.25, 0.3) is 5.24 Å². The summed E-state index contributed by atoms with van der Waals surface area (Å²) < 4.78 is 10.3. The van der Waals surface area contributed by atoms with Gasteiger partial charge in [0.2, 0.25) is 6.79 Å². The summed E-state index contributed by atoms with van der Waals surface area (Å²) in [5, 5.41) is 0.181. The standard InChI is InChI=1S/C8H9NO2.C7H3Cl3O/c9-4-6-1-2-7-8(3-6)11-5-10-7;8-4-1-2-5(7(10)11)6(9)3-4/h1-3H,4-5,9H2;1-3H. The van der Waals surface area contributed by atoms with Gasteiger partial charge in [0.1, 0.15) is 0 Å². The van der Waals surface area contributed by atoms with Crippen molar-refractivity contribution in [1.82, 2.24) is 0 Å². The van der Waals surface area contributed by atoms with E-state index >= 15 is 0 Å². The topological polar surface area (TPSA) is 61.6 Å². The van der Waals surface area contributed by atoms with Gasteiger partial charge in [-0.2, -0.15) is 0 Å². The summed E-state index contributed by atoms with van der Waals surface area (Å²) in [5.74, 6) is 1.61. The molecular weight excluding hydrogens is 349 g/mol. The number of rotatable bonds is 2. The summed E-state index contributed by atoms with van der Waals surface area (Å²) in [6.45, 7) is 0.861. The summed E-state index contributed by atoms with van der Waals surface area (Å²) >= 11 is 16.4. The SMILES string of the molecule is NCc1ccc2c(c1)OCO2.O=C(Cl)c1ccc(Cl)cc1Cl. The lowest BCUT2D eigenvalue weighted by atomic mass is 10.2. The van der Waals surface area contributed by atoms with E-state index in [9.17, 15) is 4.79 Å². The van der Waals surface area contributed by atoms with Crippen molar-refractivity contribution in [3.8, 4) is 11.5 Å². The van der Waals surface area contributed by atoms with E-state index in [0.29, 0.717) is 18.4 Å². The molecule has 0 fully saturated rings. The summed E-state index contributed by atoms with van der Waals surface area (Å²) in [7, 11) is 0. The van der Waals surface area contributed by atoms with E-state index in [0.717, 1.165) is 17.1 Å². The molecule has 0 aliphatic carbocycles. The van der Waals surface area contributed by atoms with Crippen molar-refractivity contribution in [2.24, 2.45) is 5.73 Å². The van der Waals surface area contributed by atoms with E-state index in [-0.39, 0.29) is 10.6 Å². The minimum Gasteiger partial charge on any atom is -0.454 e. The first-order chi connectivity index (χ1) is 10.5. The van der Waals surface area contributed by atoms with Gasteiger partial charge < -0.3 is 15.2 Å². The van der Waals surface area contributed by atoms with Crippen molar-refractivity contribution in [3.05, 3.63) is 57.6 Å². The Bertz CT molecular complexity index is 692. The second-order valence-electron chi connectivity index (χ2n) is 4.29. The van der Waals surface area contributed by atoms with Crippen LogP contribution in [-0.2, 0) is 6.54 Å². The Labute approximate surface area is 142 Å². The Morgan fingerprint density at radius 2 is 1.82 bits per heavy atom. The molecule has 7 heteroatoms. The van der Waals surface area contributed by atoms with Crippen LogP contribution in [0.4, 0.5) is 0 Å². The molecule has 0 saturated heterocycles. The minimum absolute atomic E-state index is 0.275. The fraction of sp³-hybridized carbons (Fsp3) is 0.133. The van der Waals surface area contributed by atoms with Crippen LogP contribution in [0.25, 0.3) is 0 Å². The highest BCUT2D eigenvalue weighted by atomic mass is 35.5. The van der Waals surface area contributed by atoms with Crippen LogP contribution in [-0.4, -0.2) is 12.0 Å². The molecular formula is C15H12Cl3NO3. The smallest absolute Gasteiger partial charge is 0.253 e. The predicted molar refractivity (Wildman–Crippen MR) is 87.1 cm³/mol. The number of ether oxygens (including phenoxy) is 2. The average molecular weight is 361 g/mol. The molecule has 2 aromatic rings. The summed E-state index contributed by atoms with van der Waals surface area (Å²) in [5.41, 5.74) is 6.79. The minimum atomic E-state index is -0.577. The first kappa shape index (κ1) is 16.9. The van der Waals surface area contributed by atoms with Crippen molar-refractivity contribution in [2.75, 3.05) is 6.79 Å². The number of nitrogens with two attached hydrogens (primary N) is 1. The molecule has 0 radical (unpaired) electrons. The van der Waals surface area contributed by atoms with Gasteiger partial charge in [0.15, 0.2) is 11.5 Å². The molecule has 0 atom stereocenters. The van der Waals surface area contributed by atoms with Gasteiger partial charge in [-0.15, -0.1) is 0 Å². The van der Waals surface area contributed by atoms with Crippen molar-refractivity contribution < 1.29 is 14.3 Å². The fourth-order valence-electron chi connectivity index (χ4n) is 1.72. The van der Waals surface area contributed by atoms with Crippen molar-refractivity contribution >= 4 is 40.0 Å². The second-order valence-corrected chi connectivity index (χ2v) is 5.48. The van der Waals surface area contributed by atoms with Crippen LogP contribution in [0.5, 0.6) is 11.5 Å². The number of carbonyl (C=O) groups is 1. The molecule has 3 rings (SSSR count). The number of benzene rings is 2. The molecule has 1 heterocycles. The molecule has 2 aromatic carbocycles. The van der Waals surface area contributed by atoms with Crippen LogP contribution in [0.2, 0.25) is 10.0 Å². The van der Waals surface area contributed by atoms with Crippen LogP contribution in [0.3, 0.4) is 0 Å². The van der Waals surface area contributed by atoms with Gasteiger partial charge in [-0.3, -0.25) is 4.79 Å². The highest BCUT2D eigenvalue weighted by molar-refractivity contribution is 6.68. The average Bonchev–Trinajstić information content (AvgIpc) is 2.94. The first-order valence-electron chi connectivity index (χ1n) is 6.24. The van der Waals surface area contributed by atoms with E-state index in [1.165, 1.54) is 12.1 Å². The second kappa shape index (κ2) is 7.70. The normalized spacial score (nSPS) is 11.6. The highest BCUT2D eigenvalue weighted by Gasteiger charge is 2.12. The molecule has 0 aromatic heterocycles. The van der Waals surface area contributed by atoms with Gasteiger partial charge >= 0.3 is 0 Å². The predicted octanol–water partition coefficient (Wildman–Crippen LogP) is 4.25. The molecule has 0 saturated carbocycles. The number of carbonyl (C=O) groups excluding carboxylic acids is 1. The largest absolute Gasteiger partial charge is 0.454 e. The van der Waals surface area contributed by atoms with Crippen molar-refractivity contribution in [1.29, 1.82) is 0 Å². The van der Waals surface area contributed by atoms with Crippen molar-refractivity contribution in [3.63, 3.8) is 0 Å². The maximum Gasteiger partial charge on any atom is 0.253 e. The zero-order valence-corrected chi connectivity index (χ0v) is 13.6. The zero-order valence-electron chi connectivity index (χ0n) is 11.3. The van der Waals surface area contributed by atoms with Gasteiger partial charge in [0, 0.05) is 11.6 Å². The maximum atomic E-state index is 10.6. The number of halogens is 3. The van der Waals surface area contributed by atoms with Gasteiger partial charge in [-0.25, -0.2) is 0 Å². The van der Waals surface area contributed by atoms with E-state index in [1.54, 1.807) is 6.07 Å². The third-order valence-corrected chi connectivity index (χ3v) is 3.57. The molecule has 2 N–H and O–H groups in total. The van der Waals surface area contributed by atoms with Crippen LogP contribution in [0, 0.1) is 0 Å². The Kier molecular flexibility index (Phi) is 5.91. The Hall–Kier alpha value is -1.46. The van der Waals surface area contributed by atoms with Crippen molar-refractivity contribution in [2.45, 2.75) is 6.54 Å². The van der Waals surface area contributed by atoms with Crippen LogP contribution in [0.15, 0.2) is 36.4 Å². The van der Waals surface area contributed by atoms with Gasteiger partial charge in [-0.05, 0) is 47.5 Å². The number of hydrogen-bond acceptors (Lipinski definition) is 4. The third-order valence-electron chi connectivity index (χ3n) is 2.82. The zero-order chi connectivity index (χ0) is 16.1. The lowest BCUT2D eigenvalue weighted by molar-refractivity contribution is 0.108. The number of hydrogen-bond donors (Lipinski definition) is 1. The molecule has 1 aliphatic rings. The molecule has 22 heavy (non-hydrogen) atoms. The van der Waals surface area contributed by atoms with E-state index in [2.05, 4.69) is 0 Å². The van der Waals surface area contributed by atoms with E-state index in [4.69, 9.17) is 50.0 Å². The lowest BCUT2D eigenvalue weighted by Gasteiger charge is -1.97. The Morgan fingerprint density at radius 3 is 2.45 bits per heavy atom. The van der Waals surface area contributed by atoms with Gasteiger partial charge in [-0.1, -0.05) is 29.3 Å². The molecule has 1 aliphatic heterocycles. The molecule has 4 nitrogen and oxygen atoms in total. The van der Waals surface area contributed by atoms with E-state index in [1.807, 2.05) is 18.2 Å². The van der Waals surface area contributed by atoms with E-state index < -0.39 is 5.24 Å². The number of fused-ring (bicyclic) bond motifs is 1. The summed E-state index contributed by atoms with van der Waals surface area (Å²) in [4.78, 5) is 10.6. The third kappa shape index (κ3) is 4.27. The molecule has 0 spiro atoms. The monoisotopic (exact) mass is 359 g/mol. The Morgan fingerprint density at radius 1 is 1.09 bits per heavy atom. The quantitative estimate of drug-likeness (QED) is 0.813. The highest BCUT2D eigenvalue weighted by Crippen LogP contribution is 2.32. The fourth-order valence-corrected chi connectivity index (χ4v) is 2.42. The molecule has 116 valence electrons. The Balaban J connectivity index is 0.000000160. The maximum absolute atomic E-state index is 10.6. The molecule has 0 amide bonds. The lowest BCUT2D eigenvalue weighted by Crippen LogP contribution is -1.95. The molecule has 0 bridgehead atoms. The molecule has 0 unspecified atom stereocenters. The van der Waals surface area contributed by atoms with Gasteiger partial charge in [0.05, 0.1) is 10.6 Å². The summed E-state index contributed by atoms with van der Waals surface area (Å²) in [6, 6.07) is 10.2. The van der Waals surface area contributed by atoms with Crippen LogP contribution < -0.4 is 15.2 Å². The van der Waals surface area contributed by atoms with Crippen LogP contribution in [0.1, 0.15) is 15.9 Å².